The first kappa shape index (κ1) is 13.5. The Morgan fingerprint density at radius 3 is 1.74 bits per heavy atom. The first-order valence-electron chi connectivity index (χ1n) is 5.85. The molecule has 0 saturated heterocycles. The van der Waals surface area contributed by atoms with E-state index in [0.29, 0.717) is 11.1 Å². The number of carbonyl (C=O) groups excluding carboxylic acids is 2. The van der Waals surface area contributed by atoms with Crippen molar-refractivity contribution in [2.45, 2.75) is 6.92 Å². The Labute approximate surface area is 120 Å². The number of hydrogen-bond donors (Lipinski definition) is 1. The van der Waals surface area contributed by atoms with Crippen molar-refractivity contribution in [2.75, 3.05) is 0 Å². The molecule has 0 atom stereocenters. The van der Waals surface area contributed by atoms with Crippen molar-refractivity contribution in [2.24, 2.45) is 0 Å². The molecule has 1 aliphatic heterocycles. The van der Waals surface area contributed by atoms with E-state index in [0.717, 1.165) is 0 Å². The van der Waals surface area contributed by atoms with Crippen molar-refractivity contribution in [1.29, 1.82) is 0 Å². The summed E-state index contributed by atoms with van der Waals surface area (Å²) in [6.45, 7) is 2.09. The molecule has 0 bridgehead atoms. The summed E-state index contributed by atoms with van der Waals surface area (Å²) in [5, 5.41) is 2.20. The summed E-state index contributed by atoms with van der Waals surface area (Å²) in [5.41, 5.74) is 2.26. The Balaban J connectivity index is 0.000000148. The largest absolute Gasteiger partial charge is 0.288 e. The molecule has 0 aliphatic carbocycles. The normalized spacial score (nSPS) is 12.3. The summed E-state index contributed by atoms with van der Waals surface area (Å²) in [4.78, 5) is 21.9. The Morgan fingerprint density at radius 1 is 0.842 bits per heavy atom. The highest BCUT2D eigenvalue weighted by Crippen LogP contribution is 2.13. The Morgan fingerprint density at radius 2 is 1.32 bits per heavy atom. The predicted octanol–water partition coefficient (Wildman–Crippen LogP) is 1.36. The van der Waals surface area contributed by atoms with Crippen LogP contribution in [0.15, 0.2) is 48.5 Å². The summed E-state index contributed by atoms with van der Waals surface area (Å²) < 4.78 is 1.25. The molecule has 1 heterocycles. The topological polar surface area (TPSA) is 46.2 Å². The molecule has 4 heteroatoms. The third kappa shape index (κ3) is 3.32. The van der Waals surface area contributed by atoms with E-state index in [1.807, 2.05) is 0 Å². The summed E-state index contributed by atoms with van der Waals surface area (Å²) in [6.07, 6.45) is 0. The van der Waals surface area contributed by atoms with Crippen LogP contribution < -0.4 is 9.74 Å². The van der Waals surface area contributed by atoms with Crippen LogP contribution in [0.3, 0.4) is 0 Å². The molecule has 19 heavy (non-hydrogen) atoms. The fourth-order valence-electron chi connectivity index (χ4n) is 1.68. The van der Waals surface area contributed by atoms with Gasteiger partial charge in [-0.3, -0.25) is 14.9 Å². The molecule has 2 aromatic carbocycles. The molecule has 3 rings (SSSR count). The Bertz CT molecular complexity index is 566. The lowest BCUT2D eigenvalue weighted by Crippen LogP contribution is -2.19. The second-order valence-corrected chi connectivity index (χ2v) is 4.91. The number of fused-ring (bicyclic) bond motifs is 1. The van der Waals surface area contributed by atoms with Gasteiger partial charge in [-0.1, -0.05) is 42.0 Å². The lowest BCUT2D eigenvalue weighted by atomic mass is 10.1. The maximum absolute atomic E-state index is 10.9. The van der Waals surface area contributed by atoms with E-state index in [4.69, 9.17) is 0 Å². The van der Waals surface area contributed by atoms with Crippen LogP contribution in [0.4, 0.5) is 0 Å². The van der Waals surface area contributed by atoms with E-state index >= 15 is 0 Å². The third-order valence-corrected chi connectivity index (χ3v) is 3.11. The molecule has 0 aromatic heterocycles. The van der Waals surface area contributed by atoms with Crippen LogP contribution in [0.1, 0.15) is 26.3 Å². The van der Waals surface area contributed by atoms with Crippen LogP contribution >= 0.6 is 0 Å². The van der Waals surface area contributed by atoms with Crippen molar-refractivity contribution in [3.05, 3.63) is 65.2 Å². The molecule has 2 radical (unpaired) electrons. The van der Waals surface area contributed by atoms with Gasteiger partial charge in [0.25, 0.3) is 11.8 Å². The number of nitrogens with one attached hydrogen (secondary N) is 1. The second kappa shape index (κ2) is 5.84. The average molecular weight is 265 g/mol. The average Bonchev–Trinajstić information content (AvgIpc) is 2.70. The fourth-order valence-corrected chi connectivity index (χ4v) is 1.88. The fraction of sp³-hybridized carbons (Fsp3) is 0.0667. The van der Waals surface area contributed by atoms with Crippen LogP contribution in [0.25, 0.3) is 0 Å². The molecule has 1 N–H and O–H groups in total. The summed E-state index contributed by atoms with van der Waals surface area (Å²) in [5.74, 6) is -0.601. The number of imide groups is 1. The molecule has 0 fully saturated rings. The summed E-state index contributed by atoms with van der Waals surface area (Å²) >= 11 is 2.65. The molecule has 2 aromatic rings. The molecule has 3 nitrogen and oxygen atoms in total. The number of hydrogen-bond acceptors (Lipinski definition) is 2. The van der Waals surface area contributed by atoms with E-state index in [2.05, 4.69) is 52.8 Å². The quantitative estimate of drug-likeness (QED) is 0.577. The van der Waals surface area contributed by atoms with Crippen LogP contribution in [0.5, 0.6) is 0 Å². The highest BCUT2D eigenvalue weighted by atomic mass is 27.0. The molecule has 2 amide bonds. The Hall–Kier alpha value is -1.89. The summed E-state index contributed by atoms with van der Waals surface area (Å²) in [6, 6.07) is 15.1. The second-order valence-electron chi connectivity index (χ2n) is 4.24. The lowest BCUT2D eigenvalue weighted by Gasteiger charge is -1.91. The summed E-state index contributed by atoms with van der Waals surface area (Å²) in [7, 11) is 0. The van der Waals surface area contributed by atoms with E-state index < -0.39 is 0 Å². The monoisotopic (exact) mass is 265 g/mol. The van der Waals surface area contributed by atoms with E-state index in [9.17, 15) is 9.59 Å². The van der Waals surface area contributed by atoms with Gasteiger partial charge in [0.15, 0.2) is 16.3 Å². The SMILES string of the molecule is Cc1cc[c]([Al])cc1.O=C1NC(=O)c2ccccc21. The van der Waals surface area contributed by atoms with E-state index in [1.54, 1.807) is 24.3 Å². The minimum Gasteiger partial charge on any atom is -0.288 e. The maximum Gasteiger partial charge on any atom is 0.258 e. The predicted molar refractivity (Wildman–Crippen MR) is 74.8 cm³/mol. The first-order chi connectivity index (χ1) is 9.08. The maximum atomic E-state index is 10.9. The molecule has 92 valence electrons. The van der Waals surface area contributed by atoms with Gasteiger partial charge in [-0.05, 0) is 19.1 Å². The zero-order valence-corrected chi connectivity index (χ0v) is 11.7. The number of amides is 2. The minimum atomic E-state index is -0.300. The van der Waals surface area contributed by atoms with Gasteiger partial charge in [0.05, 0.1) is 11.1 Å². The third-order valence-electron chi connectivity index (χ3n) is 2.72. The molecule has 0 spiro atoms. The van der Waals surface area contributed by atoms with Crippen molar-refractivity contribution in [3.63, 3.8) is 0 Å². The smallest absolute Gasteiger partial charge is 0.258 e. The van der Waals surface area contributed by atoms with Crippen LogP contribution in [-0.4, -0.2) is 28.1 Å². The molecular weight excluding hydrogens is 253 g/mol. The van der Waals surface area contributed by atoms with Gasteiger partial charge in [-0.15, -0.1) is 4.43 Å². The highest BCUT2D eigenvalue weighted by Gasteiger charge is 2.25. The van der Waals surface area contributed by atoms with Gasteiger partial charge >= 0.3 is 0 Å². The number of rotatable bonds is 0. The Kier molecular flexibility index (Phi) is 4.16. The zero-order valence-electron chi connectivity index (χ0n) is 10.5. The number of carbonyl (C=O) groups is 2. The van der Waals surface area contributed by atoms with Gasteiger partial charge in [0.1, 0.15) is 0 Å². The van der Waals surface area contributed by atoms with Gasteiger partial charge in [0.2, 0.25) is 0 Å². The van der Waals surface area contributed by atoms with Crippen LogP contribution in [0, 0.1) is 6.92 Å². The first-order valence-corrected chi connectivity index (χ1v) is 6.42. The van der Waals surface area contributed by atoms with Crippen molar-refractivity contribution < 1.29 is 9.59 Å². The van der Waals surface area contributed by atoms with E-state index in [1.165, 1.54) is 9.99 Å². The van der Waals surface area contributed by atoms with E-state index in [-0.39, 0.29) is 11.8 Å². The van der Waals surface area contributed by atoms with Gasteiger partial charge in [-0.2, -0.15) is 0 Å². The van der Waals surface area contributed by atoms with Gasteiger partial charge in [0, 0.05) is 0 Å². The van der Waals surface area contributed by atoms with Gasteiger partial charge in [-0.25, -0.2) is 0 Å². The lowest BCUT2D eigenvalue weighted by molar-refractivity contribution is 0.0879. The van der Waals surface area contributed by atoms with Crippen molar-refractivity contribution >= 4 is 32.5 Å². The number of benzene rings is 2. The molecule has 0 unspecified atom stereocenters. The van der Waals surface area contributed by atoms with Crippen molar-refractivity contribution in [1.82, 2.24) is 5.32 Å². The molecule has 1 aliphatic rings. The minimum absolute atomic E-state index is 0.300. The standard InChI is InChI=1S/C8H5NO2.C7H7.Al/c10-7-5-3-1-2-4-6(5)8(11)9-7;1-7-5-3-2-4-6-7;/h1-4H,(H,9,10,11);3-6H,1H3;. The zero-order chi connectivity index (χ0) is 13.8. The number of aryl methyl sites for hydroxylation is 1. The van der Waals surface area contributed by atoms with Gasteiger partial charge < -0.3 is 0 Å². The van der Waals surface area contributed by atoms with Crippen LogP contribution in [0.2, 0.25) is 0 Å². The molecule has 0 saturated carbocycles. The highest BCUT2D eigenvalue weighted by molar-refractivity contribution is 6.32. The van der Waals surface area contributed by atoms with Crippen molar-refractivity contribution in [3.8, 4) is 0 Å². The molecular formula is C15H12AlNO2. The van der Waals surface area contributed by atoms with Crippen LogP contribution in [-0.2, 0) is 0 Å².